The maximum Gasteiger partial charge on any atom is 0.126 e. The Balaban J connectivity index is 1.87. The van der Waals surface area contributed by atoms with Gasteiger partial charge in [0.05, 0.1) is 17.7 Å². The van der Waals surface area contributed by atoms with Gasteiger partial charge in [-0.05, 0) is 48.2 Å². The molecule has 0 aromatic heterocycles. The summed E-state index contributed by atoms with van der Waals surface area (Å²) in [4.78, 5) is 0. The van der Waals surface area contributed by atoms with Crippen LogP contribution in [0.2, 0.25) is 0 Å². The van der Waals surface area contributed by atoms with Gasteiger partial charge in [0, 0.05) is 5.69 Å². The van der Waals surface area contributed by atoms with Crippen molar-refractivity contribution in [1.29, 1.82) is 5.26 Å². The summed E-state index contributed by atoms with van der Waals surface area (Å²) in [5, 5.41) is 12.3. The lowest BCUT2D eigenvalue weighted by Crippen LogP contribution is -2.07. The van der Waals surface area contributed by atoms with Gasteiger partial charge in [-0.1, -0.05) is 18.2 Å². The Bertz CT molecular complexity index is 658. The number of fused-ring (bicyclic) bond motifs is 1. The second kappa shape index (κ2) is 4.74. The lowest BCUT2D eigenvalue weighted by molar-refractivity contribution is 0.612. The Morgan fingerprint density at radius 3 is 2.89 bits per heavy atom. The number of halogens is 1. The van der Waals surface area contributed by atoms with Crippen LogP contribution in [-0.4, -0.2) is 0 Å². The number of benzene rings is 2. The third-order valence-corrected chi connectivity index (χ3v) is 3.55. The van der Waals surface area contributed by atoms with E-state index < -0.39 is 0 Å². The summed E-state index contributed by atoms with van der Waals surface area (Å²) in [6, 6.07) is 14.8. The molecule has 0 fully saturated rings. The van der Waals surface area contributed by atoms with Gasteiger partial charge in [0.25, 0.3) is 0 Å². The number of hydrogen-bond acceptors (Lipinski definition) is 2. The molecule has 1 aliphatic carbocycles. The quantitative estimate of drug-likeness (QED) is 0.882. The first-order valence-corrected chi connectivity index (χ1v) is 6.32. The first kappa shape index (κ1) is 11.7. The Hall–Kier alpha value is -2.34. The van der Waals surface area contributed by atoms with Crippen molar-refractivity contribution in [1.82, 2.24) is 0 Å². The molecule has 3 rings (SSSR count). The number of hydrogen-bond donors (Lipinski definition) is 1. The molecule has 1 atom stereocenters. The van der Waals surface area contributed by atoms with Crippen LogP contribution < -0.4 is 5.32 Å². The van der Waals surface area contributed by atoms with Gasteiger partial charge in [-0.2, -0.15) is 5.26 Å². The van der Waals surface area contributed by atoms with E-state index in [9.17, 15) is 4.39 Å². The van der Waals surface area contributed by atoms with E-state index in [1.54, 1.807) is 12.1 Å². The summed E-state index contributed by atoms with van der Waals surface area (Å²) < 4.78 is 13.7. The molecule has 2 aromatic rings. The predicted octanol–water partition coefficient (Wildman–Crippen LogP) is 3.80. The van der Waals surface area contributed by atoms with Gasteiger partial charge in [-0.25, -0.2) is 4.39 Å². The van der Waals surface area contributed by atoms with E-state index in [1.165, 1.54) is 6.07 Å². The van der Waals surface area contributed by atoms with Crippen LogP contribution in [0, 0.1) is 17.1 Å². The molecule has 0 saturated heterocycles. The maximum absolute atomic E-state index is 13.7. The van der Waals surface area contributed by atoms with Crippen LogP contribution >= 0.6 is 0 Å². The van der Waals surface area contributed by atoms with Crippen LogP contribution in [0.5, 0.6) is 0 Å². The standard InChI is InChI=1S/C16H13FN2/c17-15-6-2-5-14-13(15)7-8-16(14)19-12-4-1-3-11(9-12)10-18/h1-6,9,16,19H,7-8H2. The van der Waals surface area contributed by atoms with Gasteiger partial charge in [0.15, 0.2) is 0 Å². The second-order valence-corrected chi connectivity index (χ2v) is 4.74. The van der Waals surface area contributed by atoms with Crippen LogP contribution in [-0.2, 0) is 6.42 Å². The Labute approximate surface area is 111 Å². The number of nitriles is 1. The SMILES string of the molecule is N#Cc1cccc(NC2CCc3c(F)cccc32)c1. The first-order chi connectivity index (χ1) is 9.28. The van der Waals surface area contributed by atoms with Crippen LogP contribution in [0.3, 0.4) is 0 Å². The van der Waals surface area contributed by atoms with E-state index in [-0.39, 0.29) is 11.9 Å². The van der Waals surface area contributed by atoms with Gasteiger partial charge < -0.3 is 5.32 Å². The van der Waals surface area contributed by atoms with Crippen molar-refractivity contribution in [3.8, 4) is 6.07 Å². The monoisotopic (exact) mass is 252 g/mol. The lowest BCUT2D eigenvalue weighted by atomic mass is 10.1. The topological polar surface area (TPSA) is 35.8 Å². The molecule has 3 heteroatoms. The number of nitrogens with one attached hydrogen (secondary N) is 1. The lowest BCUT2D eigenvalue weighted by Gasteiger charge is -2.15. The molecule has 0 saturated carbocycles. The zero-order chi connectivity index (χ0) is 13.2. The molecule has 0 heterocycles. The zero-order valence-corrected chi connectivity index (χ0v) is 10.4. The Kier molecular flexibility index (Phi) is 2.92. The molecule has 1 unspecified atom stereocenters. The van der Waals surface area contributed by atoms with Crippen molar-refractivity contribution in [3.63, 3.8) is 0 Å². The molecule has 19 heavy (non-hydrogen) atoms. The summed E-state index contributed by atoms with van der Waals surface area (Å²) in [6.07, 6.45) is 1.64. The van der Waals surface area contributed by atoms with E-state index in [1.807, 2.05) is 24.3 Å². The summed E-state index contributed by atoms with van der Waals surface area (Å²) in [6.45, 7) is 0. The summed E-state index contributed by atoms with van der Waals surface area (Å²) in [5.74, 6) is -0.118. The van der Waals surface area contributed by atoms with Crippen molar-refractivity contribution in [3.05, 3.63) is 65.0 Å². The normalized spacial score (nSPS) is 16.7. The van der Waals surface area contributed by atoms with Gasteiger partial charge in [-0.15, -0.1) is 0 Å². The highest BCUT2D eigenvalue weighted by Gasteiger charge is 2.24. The van der Waals surface area contributed by atoms with Crippen molar-refractivity contribution >= 4 is 5.69 Å². The van der Waals surface area contributed by atoms with Gasteiger partial charge in [-0.3, -0.25) is 0 Å². The molecule has 0 radical (unpaired) electrons. The fourth-order valence-electron chi connectivity index (χ4n) is 2.64. The van der Waals surface area contributed by atoms with E-state index in [0.29, 0.717) is 5.56 Å². The Morgan fingerprint density at radius 1 is 1.21 bits per heavy atom. The van der Waals surface area contributed by atoms with Crippen LogP contribution in [0.4, 0.5) is 10.1 Å². The van der Waals surface area contributed by atoms with Crippen LogP contribution in [0.1, 0.15) is 29.2 Å². The van der Waals surface area contributed by atoms with E-state index in [4.69, 9.17) is 5.26 Å². The molecular formula is C16H13FN2. The molecule has 1 N–H and O–H groups in total. The van der Waals surface area contributed by atoms with Gasteiger partial charge in [0.2, 0.25) is 0 Å². The average Bonchev–Trinajstić information content (AvgIpc) is 2.84. The third-order valence-electron chi connectivity index (χ3n) is 3.55. The molecule has 2 nitrogen and oxygen atoms in total. The molecule has 2 aromatic carbocycles. The Morgan fingerprint density at radius 2 is 2.05 bits per heavy atom. The summed E-state index contributed by atoms with van der Waals surface area (Å²) in [5.41, 5.74) is 3.38. The van der Waals surface area contributed by atoms with E-state index in [2.05, 4.69) is 11.4 Å². The van der Waals surface area contributed by atoms with Crippen LogP contribution in [0.15, 0.2) is 42.5 Å². The summed E-state index contributed by atoms with van der Waals surface area (Å²) in [7, 11) is 0. The number of rotatable bonds is 2. The zero-order valence-electron chi connectivity index (χ0n) is 10.4. The molecule has 0 bridgehead atoms. The molecule has 1 aliphatic rings. The summed E-state index contributed by atoms with van der Waals surface area (Å²) >= 11 is 0. The van der Waals surface area contributed by atoms with Crippen molar-refractivity contribution in [2.24, 2.45) is 0 Å². The fraction of sp³-hybridized carbons (Fsp3) is 0.188. The first-order valence-electron chi connectivity index (χ1n) is 6.32. The smallest absolute Gasteiger partial charge is 0.126 e. The van der Waals surface area contributed by atoms with Gasteiger partial charge >= 0.3 is 0 Å². The predicted molar refractivity (Wildman–Crippen MR) is 72.2 cm³/mol. The second-order valence-electron chi connectivity index (χ2n) is 4.74. The molecular weight excluding hydrogens is 239 g/mol. The highest BCUT2D eigenvalue weighted by Crippen LogP contribution is 2.35. The van der Waals surface area contributed by atoms with Crippen molar-refractivity contribution in [2.45, 2.75) is 18.9 Å². The van der Waals surface area contributed by atoms with E-state index in [0.717, 1.165) is 29.7 Å². The molecule has 94 valence electrons. The fourth-order valence-corrected chi connectivity index (χ4v) is 2.64. The van der Waals surface area contributed by atoms with E-state index >= 15 is 0 Å². The number of anilines is 1. The number of nitrogens with zero attached hydrogens (tertiary/aromatic N) is 1. The largest absolute Gasteiger partial charge is 0.378 e. The van der Waals surface area contributed by atoms with Gasteiger partial charge in [0.1, 0.15) is 5.82 Å². The van der Waals surface area contributed by atoms with Crippen LogP contribution in [0.25, 0.3) is 0 Å². The average molecular weight is 252 g/mol. The molecule has 0 aliphatic heterocycles. The minimum atomic E-state index is -0.118. The highest BCUT2D eigenvalue weighted by atomic mass is 19.1. The third kappa shape index (κ3) is 2.17. The maximum atomic E-state index is 13.7. The highest BCUT2D eigenvalue weighted by molar-refractivity contribution is 5.52. The van der Waals surface area contributed by atoms with Crippen molar-refractivity contribution < 1.29 is 4.39 Å². The minimum absolute atomic E-state index is 0.118. The van der Waals surface area contributed by atoms with Crippen molar-refractivity contribution in [2.75, 3.05) is 5.32 Å². The minimum Gasteiger partial charge on any atom is -0.378 e. The molecule has 0 amide bonds. The molecule has 0 spiro atoms.